The highest BCUT2D eigenvalue weighted by Gasteiger charge is 2.20. The molecule has 66 valence electrons. The predicted molar refractivity (Wildman–Crippen MR) is 48.0 cm³/mol. The first-order chi connectivity index (χ1) is 4.84. The van der Waals surface area contributed by atoms with Crippen LogP contribution in [-0.4, -0.2) is 22.0 Å². The molecule has 0 aliphatic rings. The first kappa shape index (κ1) is 10.8. The van der Waals surface area contributed by atoms with Crippen molar-refractivity contribution in [1.29, 1.82) is 0 Å². The number of hydrogen-bond acceptors (Lipinski definition) is 2. The van der Waals surface area contributed by atoms with Crippen LogP contribution in [0, 0.1) is 5.41 Å². The molecule has 0 heterocycles. The van der Waals surface area contributed by atoms with Crippen molar-refractivity contribution in [2.24, 2.45) is 5.41 Å². The number of hydrogen-bond donors (Lipinski definition) is 0. The molecule has 0 aromatic heterocycles. The van der Waals surface area contributed by atoms with E-state index in [0.29, 0.717) is 12.2 Å². The Morgan fingerprint density at radius 1 is 1.36 bits per heavy atom. The molecule has 0 aliphatic heterocycles. The van der Waals surface area contributed by atoms with E-state index in [1.54, 1.807) is 6.26 Å². The lowest BCUT2D eigenvalue weighted by molar-refractivity contribution is -0.125. The monoisotopic (exact) mass is 176 g/mol. The van der Waals surface area contributed by atoms with E-state index in [1.807, 2.05) is 20.8 Å². The Bertz CT molecular complexity index is 167. The van der Waals surface area contributed by atoms with Crippen molar-refractivity contribution in [2.75, 3.05) is 12.0 Å². The molecule has 0 aromatic carbocycles. The van der Waals surface area contributed by atoms with Gasteiger partial charge in [0.2, 0.25) is 0 Å². The Labute approximate surface area is 70.8 Å². The first-order valence-electron chi connectivity index (χ1n) is 3.67. The first-order valence-corrected chi connectivity index (χ1v) is 5.40. The predicted octanol–water partition coefficient (Wildman–Crippen LogP) is 1.37. The molecule has 1 atom stereocenters. The minimum Gasteiger partial charge on any atom is -0.299 e. The molecule has 0 fully saturated rings. The third-order valence-electron chi connectivity index (χ3n) is 1.45. The highest BCUT2D eigenvalue weighted by Crippen LogP contribution is 2.16. The Morgan fingerprint density at radius 2 is 1.82 bits per heavy atom. The molecular weight excluding hydrogens is 160 g/mol. The smallest absolute Gasteiger partial charge is 0.139 e. The lowest BCUT2D eigenvalue weighted by Gasteiger charge is -2.15. The lowest BCUT2D eigenvalue weighted by atomic mass is 9.89. The third kappa shape index (κ3) is 5.13. The minimum atomic E-state index is -0.842. The second-order valence-electron chi connectivity index (χ2n) is 3.70. The van der Waals surface area contributed by atoms with Gasteiger partial charge in [-0.3, -0.25) is 9.00 Å². The van der Waals surface area contributed by atoms with E-state index in [0.717, 1.165) is 0 Å². The summed E-state index contributed by atoms with van der Waals surface area (Å²) in [6.07, 6.45) is 2.06. The maximum atomic E-state index is 11.2. The summed E-state index contributed by atoms with van der Waals surface area (Å²) < 4.78 is 10.6. The average molecular weight is 176 g/mol. The summed E-state index contributed by atoms with van der Waals surface area (Å²) in [5.74, 6) is 0.684. The summed E-state index contributed by atoms with van der Waals surface area (Å²) in [6, 6.07) is 0. The molecular formula is C8H16O2S. The van der Waals surface area contributed by atoms with Crippen LogP contribution in [-0.2, 0) is 15.6 Å². The van der Waals surface area contributed by atoms with Gasteiger partial charge in [-0.1, -0.05) is 20.8 Å². The highest BCUT2D eigenvalue weighted by molar-refractivity contribution is 7.84. The van der Waals surface area contributed by atoms with E-state index >= 15 is 0 Å². The van der Waals surface area contributed by atoms with Gasteiger partial charge in [-0.05, 0) is 0 Å². The Morgan fingerprint density at radius 3 is 2.09 bits per heavy atom. The molecule has 0 saturated carbocycles. The van der Waals surface area contributed by atoms with Gasteiger partial charge in [0.25, 0.3) is 0 Å². The van der Waals surface area contributed by atoms with Gasteiger partial charge in [-0.15, -0.1) is 0 Å². The summed E-state index contributed by atoms with van der Waals surface area (Å²) in [7, 11) is -0.842. The van der Waals surface area contributed by atoms with Crippen LogP contribution in [0.5, 0.6) is 0 Å². The fraction of sp³-hybridized carbons (Fsp3) is 0.875. The lowest BCUT2D eigenvalue weighted by Crippen LogP contribution is -2.21. The zero-order valence-electron chi connectivity index (χ0n) is 7.64. The van der Waals surface area contributed by atoms with Crippen LogP contribution in [0.15, 0.2) is 0 Å². The second kappa shape index (κ2) is 4.00. The molecule has 0 saturated heterocycles. The van der Waals surface area contributed by atoms with Crippen LogP contribution in [0.4, 0.5) is 0 Å². The molecule has 0 amide bonds. The summed E-state index contributed by atoms with van der Waals surface area (Å²) in [5, 5.41) is 0. The number of carbonyl (C=O) groups excluding carboxylic acids is 1. The van der Waals surface area contributed by atoms with Crippen LogP contribution in [0.1, 0.15) is 27.2 Å². The third-order valence-corrected chi connectivity index (χ3v) is 2.23. The van der Waals surface area contributed by atoms with E-state index in [4.69, 9.17) is 0 Å². The largest absolute Gasteiger partial charge is 0.299 e. The SMILES string of the molecule is CS(=O)CCC(=O)C(C)(C)C. The zero-order valence-corrected chi connectivity index (χ0v) is 8.46. The number of rotatable bonds is 3. The molecule has 0 bridgehead atoms. The molecule has 2 nitrogen and oxygen atoms in total. The Hall–Kier alpha value is -0.180. The average Bonchev–Trinajstić information content (AvgIpc) is 1.80. The van der Waals surface area contributed by atoms with Crippen LogP contribution in [0.25, 0.3) is 0 Å². The minimum absolute atomic E-state index is 0.188. The quantitative estimate of drug-likeness (QED) is 0.651. The van der Waals surface area contributed by atoms with Gasteiger partial charge < -0.3 is 0 Å². The van der Waals surface area contributed by atoms with Crippen molar-refractivity contribution in [3.05, 3.63) is 0 Å². The summed E-state index contributed by atoms with van der Waals surface area (Å²) in [5.41, 5.74) is -0.278. The maximum Gasteiger partial charge on any atom is 0.139 e. The fourth-order valence-corrected chi connectivity index (χ4v) is 1.08. The van der Waals surface area contributed by atoms with Gasteiger partial charge in [0.1, 0.15) is 5.78 Å². The van der Waals surface area contributed by atoms with Crippen LogP contribution in [0.3, 0.4) is 0 Å². The van der Waals surface area contributed by atoms with Crippen molar-refractivity contribution in [3.8, 4) is 0 Å². The van der Waals surface area contributed by atoms with Crippen molar-refractivity contribution < 1.29 is 9.00 Å². The van der Waals surface area contributed by atoms with E-state index in [9.17, 15) is 9.00 Å². The Balaban J connectivity index is 3.80. The molecule has 0 rings (SSSR count). The fourth-order valence-electron chi connectivity index (χ4n) is 0.611. The van der Waals surface area contributed by atoms with Crippen LogP contribution >= 0.6 is 0 Å². The summed E-state index contributed by atoms with van der Waals surface area (Å²) >= 11 is 0. The normalized spacial score (nSPS) is 14.5. The molecule has 0 aliphatic carbocycles. The van der Waals surface area contributed by atoms with Crippen molar-refractivity contribution in [3.63, 3.8) is 0 Å². The standard InChI is InChI=1S/C8H16O2S/c1-8(2,3)7(9)5-6-11(4)10/h5-6H2,1-4H3. The summed E-state index contributed by atoms with van der Waals surface area (Å²) in [4.78, 5) is 11.2. The van der Waals surface area contributed by atoms with Gasteiger partial charge in [-0.2, -0.15) is 0 Å². The molecule has 0 aromatic rings. The molecule has 0 N–H and O–H groups in total. The van der Waals surface area contributed by atoms with Crippen molar-refractivity contribution in [2.45, 2.75) is 27.2 Å². The van der Waals surface area contributed by atoms with E-state index in [1.165, 1.54) is 0 Å². The van der Waals surface area contributed by atoms with E-state index < -0.39 is 10.8 Å². The molecule has 3 heteroatoms. The van der Waals surface area contributed by atoms with Gasteiger partial charge in [0, 0.05) is 34.6 Å². The number of carbonyl (C=O) groups is 1. The van der Waals surface area contributed by atoms with E-state index in [2.05, 4.69) is 0 Å². The zero-order chi connectivity index (χ0) is 9.07. The molecule has 0 radical (unpaired) electrons. The van der Waals surface area contributed by atoms with Crippen molar-refractivity contribution >= 4 is 16.6 Å². The molecule has 11 heavy (non-hydrogen) atoms. The van der Waals surface area contributed by atoms with Crippen LogP contribution in [0.2, 0.25) is 0 Å². The van der Waals surface area contributed by atoms with Gasteiger partial charge >= 0.3 is 0 Å². The maximum absolute atomic E-state index is 11.2. The number of ketones is 1. The van der Waals surface area contributed by atoms with Gasteiger partial charge in [0.05, 0.1) is 0 Å². The molecule has 1 unspecified atom stereocenters. The van der Waals surface area contributed by atoms with Crippen molar-refractivity contribution in [1.82, 2.24) is 0 Å². The molecule has 0 spiro atoms. The summed E-state index contributed by atoms with van der Waals surface area (Å²) in [6.45, 7) is 5.65. The highest BCUT2D eigenvalue weighted by atomic mass is 32.2. The number of Topliss-reactive ketones (excluding diaryl/α,β-unsaturated/α-hetero) is 1. The second-order valence-corrected chi connectivity index (χ2v) is 5.26. The topological polar surface area (TPSA) is 34.1 Å². The van der Waals surface area contributed by atoms with Gasteiger partial charge in [0.15, 0.2) is 0 Å². The van der Waals surface area contributed by atoms with E-state index in [-0.39, 0.29) is 11.2 Å². The van der Waals surface area contributed by atoms with Crippen LogP contribution < -0.4 is 0 Å². The Kier molecular flexibility index (Phi) is 3.93. The van der Waals surface area contributed by atoms with Gasteiger partial charge in [-0.25, -0.2) is 0 Å².